The monoisotopic (exact) mass is 297 g/mol. The third kappa shape index (κ3) is 4.09. The number of carbonyl (C=O) groups excluding carboxylic acids is 1. The van der Waals surface area contributed by atoms with Gasteiger partial charge < -0.3 is 9.64 Å². The molecule has 22 heavy (non-hydrogen) atoms. The fraction of sp³-hybridized carbons (Fsp3) is 0.176. The minimum Gasteiger partial charge on any atom is -0.497 e. The Morgan fingerprint density at radius 1 is 1.09 bits per heavy atom. The van der Waals surface area contributed by atoms with E-state index in [4.69, 9.17) is 4.74 Å². The van der Waals surface area contributed by atoms with Gasteiger partial charge in [-0.1, -0.05) is 12.1 Å². The van der Waals surface area contributed by atoms with Crippen molar-refractivity contribution in [3.63, 3.8) is 0 Å². The van der Waals surface area contributed by atoms with Crippen LogP contribution in [0.1, 0.15) is 15.9 Å². The number of amides is 1. The highest BCUT2D eigenvalue weighted by Gasteiger charge is 2.03. The molecular formula is C17H19N3O2. The lowest BCUT2D eigenvalue weighted by molar-refractivity contribution is 0.0955. The Morgan fingerprint density at radius 2 is 1.73 bits per heavy atom. The van der Waals surface area contributed by atoms with Gasteiger partial charge in [0, 0.05) is 25.3 Å². The summed E-state index contributed by atoms with van der Waals surface area (Å²) >= 11 is 0. The summed E-state index contributed by atoms with van der Waals surface area (Å²) in [7, 11) is 5.55. The smallest absolute Gasteiger partial charge is 0.271 e. The second-order valence-corrected chi connectivity index (χ2v) is 4.91. The lowest BCUT2D eigenvalue weighted by atomic mass is 10.2. The van der Waals surface area contributed by atoms with Gasteiger partial charge in [-0.25, -0.2) is 5.43 Å². The zero-order chi connectivity index (χ0) is 15.9. The van der Waals surface area contributed by atoms with Crippen LogP contribution in [0.15, 0.2) is 53.6 Å². The maximum absolute atomic E-state index is 11.9. The molecule has 0 bridgehead atoms. The minimum atomic E-state index is -0.260. The van der Waals surface area contributed by atoms with Crippen LogP contribution in [-0.4, -0.2) is 33.3 Å². The van der Waals surface area contributed by atoms with Gasteiger partial charge in [-0.05, 0) is 42.0 Å². The third-order valence-corrected chi connectivity index (χ3v) is 3.14. The molecule has 0 radical (unpaired) electrons. The number of carbonyl (C=O) groups is 1. The molecule has 0 aliphatic carbocycles. The molecule has 0 fully saturated rings. The van der Waals surface area contributed by atoms with E-state index in [1.807, 2.05) is 43.3 Å². The van der Waals surface area contributed by atoms with Crippen molar-refractivity contribution in [1.82, 2.24) is 5.43 Å². The molecule has 0 saturated carbocycles. The van der Waals surface area contributed by atoms with Gasteiger partial charge in [0.05, 0.1) is 13.3 Å². The highest BCUT2D eigenvalue weighted by molar-refractivity contribution is 5.95. The third-order valence-electron chi connectivity index (χ3n) is 3.14. The first-order chi connectivity index (χ1) is 10.6. The summed E-state index contributed by atoms with van der Waals surface area (Å²) in [6, 6.07) is 14.7. The molecular weight excluding hydrogens is 278 g/mol. The van der Waals surface area contributed by atoms with Gasteiger partial charge in [0.2, 0.25) is 0 Å². The molecule has 5 nitrogen and oxygen atoms in total. The Morgan fingerprint density at radius 3 is 2.27 bits per heavy atom. The second-order valence-electron chi connectivity index (χ2n) is 4.91. The summed E-state index contributed by atoms with van der Waals surface area (Å²) in [4.78, 5) is 13.9. The van der Waals surface area contributed by atoms with Crippen molar-refractivity contribution in [3.8, 4) is 5.75 Å². The topological polar surface area (TPSA) is 53.9 Å². The summed E-state index contributed by atoms with van der Waals surface area (Å²) in [5.41, 5.74) is 5.06. The van der Waals surface area contributed by atoms with Crippen molar-refractivity contribution in [3.05, 3.63) is 59.7 Å². The zero-order valence-corrected chi connectivity index (χ0v) is 12.9. The number of hydrogen-bond donors (Lipinski definition) is 1. The molecule has 0 heterocycles. The minimum absolute atomic E-state index is 0.260. The van der Waals surface area contributed by atoms with Crippen molar-refractivity contribution in [2.45, 2.75) is 0 Å². The number of benzene rings is 2. The number of rotatable bonds is 5. The van der Waals surface area contributed by atoms with Crippen LogP contribution in [0.4, 0.5) is 5.69 Å². The second kappa shape index (κ2) is 7.26. The van der Waals surface area contributed by atoms with E-state index in [-0.39, 0.29) is 5.91 Å². The Balaban J connectivity index is 1.94. The Hall–Kier alpha value is -2.82. The largest absolute Gasteiger partial charge is 0.497 e. The number of methoxy groups -OCH3 is 1. The normalized spacial score (nSPS) is 10.5. The summed E-state index contributed by atoms with van der Waals surface area (Å²) < 4.78 is 5.05. The molecule has 0 saturated heterocycles. The molecule has 1 N–H and O–H groups in total. The predicted molar refractivity (Wildman–Crippen MR) is 88.8 cm³/mol. The van der Waals surface area contributed by atoms with Crippen LogP contribution in [0.5, 0.6) is 5.75 Å². The fourth-order valence-electron chi connectivity index (χ4n) is 1.83. The first-order valence-electron chi connectivity index (χ1n) is 6.85. The van der Waals surface area contributed by atoms with Crippen LogP contribution in [0.25, 0.3) is 0 Å². The SMILES string of the molecule is COc1ccc(C(=O)N/N=C\c2ccc(N(C)C)cc2)cc1. The molecule has 114 valence electrons. The quantitative estimate of drug-likeness (QED) is 0.681. The molecule has 5 heteroatoms. The maximum atomic E-state index is 11.9. The number of nitrogens with one attached hydrogen (secondary N) is 1. The molecule has 0 atom stereocenters. The Bertz CT molecular complexity index is 647. The van der Waals surface area contributed by atoms with E-state index < -0.39 is 0 Å². The summed E-state index contributed by atoms with van der Waals surface area (Å²) in [5.74, 6) is 0.449. The number of anilines is 1. The first kappa shape index (κ1) is 15.6. The van der Waals surface area contributed by atoms with Crippen molar-refractivity contribution in [1.29, 1.82) is 0 Å². The molecule has 0 aliphatic heterocycles. The van der Waals surface area contributed by atoms with Crippen LogP contribution < -0.4 is 15.1 Å². The van der Waals surface area contributed by atoms with Gasteiger partial charge in [0.25, 0.3) is 5.91 Å². The number of ether oxygens (including phenoxy) is 1. The van der Waals surface area contributed by atoms with Gasteiger partial charge >= 0.3 is 0 Å². The van der Waals surface area contributed by atoms with Crippen LogP contribution in [0, 0.1) is 0 Å². The lowest BCUT2D eigenvalue weighted by Gasteiger charge is -2.11. The van der Waals surface area contributed by atoms with Crippen molar-refractivity contribution >= 4 is 17.8 Å². The molecule has 0 aliphatic rings. The van der Waals surface area contributed by atoms with E-state index in [2.05, 4.69) is 10.5 Å². The van der Waals surface area contributed by atoms with Crippen LogP contribution in [0.3, 0.4) is 0 Å². The van der Waals surface area contributed by atoms with Gasteiger partial charge in [-0.15, -0.1) is 0 Å². The van der Waals surface area contributed by atoms with E-state index in [9.17, 15) is 4.79 Å². The standard InChI is InChI=1S/C17H19N3O2/c1-20(2)15-8-4-13(5-9-15)12-18-19-17(21)14-6-10-16(22-3)11-7-14/h4-12H,1-3H3,(H,19,21)/b18-12-. The maximum Gasteiger partial charge on any atom is 0.271 e. The van der Waals surface area contributed by atoms with Crippen LogP contribution >= 0.6 is 0 Å². The van der Waals surface area contributed by atoms with Crippen LogP contribution in [0.2, 0.25) is 0 Å². The van der Waals surface area contributed by atoms with E-state index in [0.717, 1.165) is 11.3 Å². The average molecular weight is 297 g/mol. The van der Waals surface area contributed by atoms with Gasteiger partial charge in [0.15, 0.2) is 0 Å². The molecule has 2 aromatic rings. The average Bonchev–Trinajstić information content (AvgIpc) is 2.55. The molecule has 0 aromatic heterocycles. The fourth-order valence-corrected chi connectivity index (χ4v) is 1.83. The zero-order valence-electron chi connectivity index (χ0n) is 12.9. The predicted octanol–water partition coefficient (Wildman–Crippen LogP) is 2.53. The number of hydrogen-bond acceptors (Lipinski definition) is 4. The van der Waals surface area contributed by atoms with Gasteiger partial charge in [0.1, 0.15) is 5.75 Å². The Labute approximate surface area is 130 Å². The lowest BCUT2D eigenvalue weighted by Crippen LogP contribution is -2.17. The van der Waals surface area contributed by atoms with Gasteiger partial charge in [-0.2, -0.15) is 5.10 Å². The molecule has 0 spiro atoms. The molecule has 2 rings (SSSR count). The molecule has 0 unspecified atom stereocenters. The molecule has 2 aromatic carbocycles. The van der Waals surface area contributed by atoms with E-state index >= 15 is 0 Å². The first-order valence-corrected chi connectivity index (χ1v) is 6.85. The van der Waals surface area contributed by atoms with E-state index in [0.29, 0.717) is 11.3 Å². The number of nitrogens with zero attached hydrogens (tertiary/aromatic N) is 2. The summed E-state index contributed by atoms with van der Waals surface area (Å²) in [6.07, 6.45) is 1.61. The highest BCUT2D eigenvalue weighted by atomic mass is 16.5. The Kier molecular flexibility index (Phi) is 5.14. The van der Waals surface area contributed by atoms with Crippen molar-refractivity contribution in [2.75, 3.05) is 26.1 Å². The van der Waals surface area contributed by atoms with Crippen molar-refractivity contribution in [2.24, 2.45) is 5.10 Å². The van der Waals surface area contributed by atoms with Crippen molar-refractivity contribution < 1.29 is 9.53 Å². The van der Waals surface area contributed by atoms with Gasteiger partial charge in [-0.3, -0.25) is 4.79 Å². The summed E-state index contributed by atoms with van der Waals surface area (Å²) in [6.45, 7) is 0. The highest BCUT2D eigenvalue weighted by Crippen LogP contribution is 2.12. The van der Waals surface area contributed by atoms with Crippen LogP contribution in [-0.2, 0) is 0 Å². The van der Waals surface area contributed by atoms with E-state index in [1.165, 1.54) is 0 Å². The van der Waals surface area contributed by atoms with E-state index in [1.54, 1.807) is 37.6 Å². The number of hydrazone groups is 1. The summed E-state index contributed by atoms with van der Waals surface area (Å²) in [5, 5.41) is 3.97. The molecule has 1 amide bonds.